The lowest BCUT2D eigenvalue weighted by Gasteiger charge is -2.42. The van der Waals surface area contributed by atoms with Gasteiger partial charge in [-0.05, 0) is 77.0 Å². The van der Waals surface area contributed by atoms with Gasteiger partial charge >= 0.3 is 5.97 Å². The van der Waals surface area contributed by atoms with Crippen molar-refractivity contribution in [2.24, 2.45) is 0 Å². The number of carboxylic acid groups (broad SMARTS) is 1. The Morgan fingerprint density at radius 2 is 1.54 bits per heavy atom. The second-order valence-corrected chi connectivity index (χ2v) is 12.0. The summed E-state index contributed by atoms with van der Waals surface area (Å²) in [4.78, 5) is 11.5. The zero-order chi connectivity index (χ0) is 25.9. The molecule has 4 aromatic rings. The Bertz CT molecular complexity index is 1510. The first-order valence-electron chi connectivity index (χ1n) is 13.3. The van der Waals surface area contributed by atoms with E-state index in [1.165, 1.54) is 46.2 Å². The van der Waals surface area contributed by atoms with Gasteiger partial charge < -0.3 is 5.11 Å². The highest BCUT2D eigenvalue weighted by Gasteiger charge is 2.39. The summed E-state index contributed by atoms with van der Waals surface area (Å²) in [5.41, 5.74) is 11.9. The second-order valence-electron chi connectivity index (χ2n) is 12.0. The van der Waals surface area contributed by atoms with Crippen LogP contribution in [0.25, 0.3) is 22.5 Å². The van der Waals surface area contributed by atoms with E-state index < -0.39 is 5.97 Å². The van der Waals surface area contributed by atoms with E-state index in [1.54, 1.807) is 12.1 Å². The molecule has 0 amide bonds. The van der Waals surface area contributed by atoms with Crippen molar-refractivity contribution in [2.45, 2.75) is 70.8 Å². The molecule has 0 bridgehead atoms. The molecule has 0 unspecified atom stereocenters. The van der Waals surface area contributed by atoms with Crippen molar-refractivity contribution in [1.29, 1.82) is 0 Å². The summed E-state index contributed by atoms with van der Waals surface area (Å²) in [6.07, 6.45) is 4.31. The molecule has 0 radical (unpaired) electrons. The third-order valence-corrected chi connectivity index (χ3v) is 8.61. The number of hydrogen-bond acceptors (Lipinski definition) is 2. The van der Waals surface area contributed by atoms with E-state index in [0.717, 1.165) is 29.8 Å². The molecular formula is C33H34N2O2. The minimum absolute atomic E-state index is 0.138. The number of aryl methyl sites for hydroxylation is 1. The minimum atomic E-state index is -0.907. The maximum atomic E-state index is 11.5. The van der Waals surface area contributed by atoms with Crippen LogP contribution in [0.5, 0.6) is 0 Å². The first-order chi connectivity index (χ1) is 17.6. The van der Waals surface area contributed by atoms with Crippen LogP contribution < -0.4 is 0 Å². The number of aromatic nitrogens is 2. The fourth-order valence-electron chi connectivity index (χ4n) is 6.26. The van der Waals surface area contributed by atoms with Crippen molar-refractivity contribution < 1.29 is 9.90 Å². The molecule has 4 nitrogen and oxygen atoms in total. The predicted molar refractivity (Wildman–Crippen MR) is 148 cm³/mol. The molecule has 6 rings (SSSR count). The van der Waals surface area contributed by atoms with Crippen molar-refractivity contribution in [3.63, 3.8) is 0 Å². The van der Waals surface area contributed by atoms with Gasteiger partial charge in [0.25, 0.3) is 0 Å². The Morgan fingerprint density at radius 1 is 0.892 bits per heavy atom. The van der Waals surface area contributed by atoms with Gasteiger partial charge in [0.2, 0.25) is 0 Å². The molecule has 1 N–H and O–H groups in total. The van der Waals surface area contributed by atoms with Crippen LogP contribution in [0.1, 0.15) is 78.7 Å². The second kappa shape index (κ2) is 8.44. The van der Waals surface area contributed by atoms with Gasteiger partial charge in [0.05, 0.1) is 23.5 Å². The van der Waals surface area contributed by atoms with Gasteiger partial charge in [0.1, 0.15) is 0 Å². The van der Waals surface area contributed by atoms with E-state index >= 15 is 0 Å². The van der Waals surface area contributed by atoms with Crippen LogP contribution in [0.4, 0.5) is 0 Å². The zero-order valence-electron chi connectivity index (χ0n) is 22.1. The van der Waals surface area contributed by atoms with E-state index in [1.807, 2.05) is 18.2 Å². The molecule has 0 spiro atoms. The van der Waals surface area contributed by atoms with Gasteiger partial charge in [-0.3, -0.25) is 4.68 Å². The molecule has 1 aromatic heterocycles. The molecule has 4 heteroatoms. The minimum Gasteiger partial charge on any atom is -0.478 e. The SMILES string of the molecule is CC1(C)CCC(C)(C)c2cc3c(cc21)CCc1c-3nn(Cc2ccccc2)c1-c1ccc(C(=O)O)cc1. The number of carboxylic acids is 1. The highest BCUT2D eigenvalue weighted by atomic mass is 16.4. The maximum absolute atomic E-state index is 11.5. The molecule has 1 heterocycles. The first kappa shape index (κ1) is 23.7. The van der Waals surface area contributed by atoms with Gasteiger partial charge in [-0.15, -0.1) is 0 Å². The average Bonchev–Trinajstić information content (AvgIpc) is 3.25. The van der Waals surface area contributed by atoms with E-state index in [9.17, 15) is 9.90 Å². The van der Waals surface area contributed by atoms with Crippen molar-refractivity contribution >= 4 is 5.97 Å². The van der Waals surface area contributed by atoms with Crippen molar-refractivity contribution in [3.8, 4) is 22.5 Å². The van der Waals surface area contributed by atoms with Crippen LogP contribution in [0.3, 0.4) is 0 Å². The number of carbonyl (C=O) groups is 1. The van der Waals surface area contributed by atoms with Crippen LogP contribution in [-0.2, 0) is 30.2 Å². The smallest absolute Gasteiger partial charge is 0.335 e. The Kier molecular flexibility index (Phi) is 5.41. The summed E-state index contributed by atoms with van der Waals surface area (Å²) in [5, 5.41) is 14.7. The fraction of sp³-hybridized carbons (Fsp3) is 0.333. The summed E-state index contributed by atoms with van der Waals surface area (Å²) in [5.74, 6) is -0.907. The van der Waals surface area contributed by atoms with Crippen LogP contribution in [0.15, 0.2) is 66.7 Å². The first-order valence-corrected chi connectivity index (χ1v) is 13.3. The summed E-state index contributed by atoms with van der Waals surface area (Å²) >= 11 is 0. The number of hydrogen-bond donors (Lipinski definition) is 1. The predicted octanol–water partition coefficient (Wildman–Crippen LogP) is 7.41. The van der Waals surface area contributed by atoms with Crippen molar-refractivity contribution in [1.82, 2.24) is 9.78 Å². The summed E-state index contributed by atoms with van der Waals surface area (Å²) in [6, 6.07) is 22.6. The molecule has 3 aromatic carbocycles. The van der Waals surface area contributed by atoms with Crippen LogP contribution >= 0.6 is 0 Å². The molecule has 0 fully saturated rings. The molecule has 0 aliphatic heterocycles. The number of benzene rings is 3. The van der Waals surface area contributed by atoms with Gasteiger partial charge in [-0.25, -0.2) is 4.79 Å². The highest BCUT2D eigenvalue weighted by Crippen LogP contribution is 2.49. The van der Waals surface area contributed by atoms with Gasteiger partial charge in [0, 0.05) is 16.7 Å². The number of aromatic carboxylic acids is 1. The van der Waals surface area contributed by atoms with E-state index in [2.05, 4.69) is 68.8 Å². The summed E-state index contributed by atoms with van der Waals surface area (Å²) < 4.78 is 2.12. The monoisotopic (exact) mass is 490 g/mol. The molecule has 2 aliphatic rings. The third kappa shape index (κ3) is 3.99. The quantitative estimate of drug-likeness (QED) is 0.324. The maximum Gasteiger partial charge on any atom is 0.335 e. The van der Waals surface area contributed by atoms with Crippen molar-refractivity contribution in [3.05, 3.63) is 100 Å². The number of nitrogens with zero attached hydrogens (tertiary/aromatic N) is 2. The lowest BCUT2D eigenvalue weighted by Crippen LogP contribution is -2.34. The Hall–Kier alpha value is -3.66. The molecule has 2 aliphatic carbocycles. The molecule has 188 valence electrons. The van der Waals surface area contributed by atoms with Crippen LogP contribution in [0, 0.1) is 0 Å². The average molecular weight is 491 g/mol. The molecular weight excluding hydrogens is 456 g/mol. The lowest BCUT2D eigenvalue weighted by atomic mass is 9.62. The van der Waals surface area contributed by atoms with Crippen LogP contribution in [-0.4, -0.2) is 20.9 Å². The fourth-order valence-corrected chi connectivity index (χ4v) is 6.26. The highest BCUT2D eigenvalue weighted by molar-refractivity contribution is 5.88. The Labute approximate surface area is 219 Å². The Balaban J connectivity index is 1.55. The largest absolute Gasteiger partial charge is 0.478 e. The standard InChI is InChI=1S/C33H34N2O2/c1-32(2)16-17-33(3,4)28-19-26-24(18-27(28)32)14-15-25-29(26)34-35(20-21-8-6-5-7-9-21)30(25)22-10-12-23(13-11-22)31(36)37/h5-13,18-19H,14-17,20H2,1-4H3,(H,36,37). The molecule has 0 atom stereocenters. The third-order valence-electron chi connectivity index (χ3n) is 8.61. The molecule has 37 heavy (non-hydrogen) atoms. The normalized spacial score (nSPS) is 17.0. The Morgan fingerprint density at radius 3 is 2.19 bits per heavy atom. The summed E-state index contributed by atoms with van der Waals surface area (Å²) in [6.45, 7) is 10.2. The number of fused-ring (bicyclic) bond motifs is 4. The van der Waals surface area contributed by atoms with Crippen LogP contribution in [0.2, 0.25) is 0 Å². The van der Waals surface area contributed by atoms with Gasteiger partial charge in [-0.2, -0.15) is 5.10 Å². The van der Waals surface area contributed by atoms with Crippen molar-refractivity contribution in [2.75, 3.05) is 0 Å². The van der Waals surface area contributed by atoms with E-state index in [-0.39, 0.29) is 10.8 Å². The molecule has 0 saturated carbocycles. The molecule has 0 saturated heterocycles. The van der Waals surface area contributed by atoms with Gasteiger partial charge in [-0.1, -0.05) is 76.2 Å². The summed E-state index contributed by atoms with van der Waals surface area (Å²) in [7, 11) is 0. The zero-order valence-corrected chi connectivity index (χ0v) is 22.1. The van der Waals surface area contributed by atoms with Gasteiger partial charge in [0.15, 0.2) is 0 Å². The topological polar surface area (TPSA) is 55.1 Å². The number of rotatable bonds is 4. The van der Waals surface area contributed by atoms with E-state index in [0.29, 0.717) is 12.1 Å². The van der Waals surface area contributed by atoms with E-state index in [4.69, 9.17) is 5.10 Å². The lowest BCUT2D eigenvalue weighted by molar-refractivity contribution is 0.0697.